The summed E-state index contributed by atoms with van der Waals surface area (Å²) in [7, 11) is 0. The summed E-state index contributed by atoms with van der Waals surface area (Å²) in [5, 5.41) is 2.30. The van der Waals surface area contributed by atoms with Crippen LogP contribution < -0.4 is 0 Å². The quantitative estimate of drug-likeness (QED) is 0.357. The predicted octanol–water partition coefficient (Wildman–Crippen LogP) is 6.83. The zero-order valence-electron chi connectivity index (χ0n) is 15.8. The Hall–Kier alpha value is -2.75. The Morgan fingerprint density at radius 1 is 0.897 bits per heavy atom. The van der Waals surface area contributed by atoms with E-state index in [-0.39, 0.29) is 11.9 Å². The third-order valence-electron chi connectivity index (χ3n) is 4.92. The second-order valence-corrected chi connectivity index (χ2v) is 7.59. The van der Waals surface area contributed by atoms with Crippen molar-refractivity contribution >= 4 is 40.1 Å². The van der Waals surface area contributed by atoms with Gasteiger partial charge in [-0.05, 0) is 48.4 Å². The number of carbonyl (C=O) groups is 1. The van der Waals surface area contributed by atoms with Gasteiger partial charge in [0.2, 0.25) is 0 Å². The molecule has 1 heterocycles. The van der Waals surface area contributed by atoms with Crippen LogP contribution in [0.25, 0.3) is 10.9 Å². The second-order valence-electron chi connectivity index (χ2n) is 6.72. The Morgan fingerprint density at radius 2 is 1.45 bits per heavy atom. The van der Waals surface area contributed by atoms with Gasteiger partial charge in [0.05, 0.1) is 6.61 Å². The summed E-state index contributed by atoms with van der Waals surface area (Å²) in [5.41, 5.74) is 4.27. The molecule has 0 radical (unpaired) electrons. The molecule has 3 aromatic carbocycles. The van der Waals surface area contributed by atoms with Crippen LogP contribution in [-0.4, -0.2) is 17.6 Å². The number of halogens is 2. The fourth-order valence-electron chi connectivity index (χ4n) is 3.66. The fraction of sp³-hybridized carbons (Fsp3) is 0.125. The zero-order chi connectivity index (χ0) is 20.4. The minimum Gasteiger partial charge on any atom is -0.461 e. The van der Waals surface area contributed by atoms with Crippen molar-refractivity contribution in [3.05, 3.63) is 105 Å². The zero-order valence-corrected chi connectivity index (χ0v) is 17.3. The van der Waals surface area contributed by atoms with Gasteiger partial charge >= 0.3 is 5.97 Å². The van der Waals surface area contributed by atoms with Gasteiger partial charge in [-0.3, -0.25) is 0 Å². The molecule has 0 fully saturated rings. The third-order valence-corrected chi connectivity index (χ3v) is 5.43. The lowest BCUT2D eigenvalue weighted by atomic mass is 9.83. The molecule has 4 aromatic rings. The van der Waals surface area contributed by atoms with E-state index in [1.165, 1.54) is 0 Å². The molecule has 0 amide bonds. The highest BCUT2D eigenvalue weighted by Gasteiger charge is 2.28. The number of aromatic nitrogens is 1. The number of hydrogen-bond acceptors (Lipinski definition) is 2. The maximum absolute atomic E-state index is 12.8. The Kier molecular flexibility index (Phi) is 5.61. The van der Waals surface area contributed by atoms with Crippen LogP contribution in [0.2, 0.25) is 10.0 Å². The van der Waals surface area contributed by atoms with E-state index in [9.17, 15) is 4.79 Å². The number of para-hydroxylation sites is 1. The highest BCUT2D eigenvalue weighted by molar-refractivity contribution is 6.30. The number of fused-ring (bicyclic) bond motifs is 1. The molecule has 0 aliphatic heterocycles. The van der Waals surface area contributed by atoms with Gasteiger partial charge in [0.15, 0.2) is 0 Å². The summed E-state index contributed by atoms with van der Waals surface area (Å²) in [6.07, 6.45) is 0. The number of esters is 1. The number of rotatable bonds is 5. The first-order chi connectivity index (χ1) is 14.1. The number of carbonyl (C=O) groups excluding carboxylic acids is 1. The molecule has 5 heteroatoms. The molecule has 1 N–H and O–H groups in total. The van der Waals surface area contributed by atoms with Crippen molar-refractivity contribution in [3.8, 4) is 0 Å². The molecule has 1 aromatic heterocycles. The molecule has 0 saturated heterocycles. The number of aromatic amines is 1. The molecule has 146 valence electrons. The average molecular weight is 424 g/mol. The van der Waals surface area contributed by atoms with Crippen molar-refractivity contribution in [1.82, 2.24) is 4.98 Å². The topological polar surface area (TPSA) is 42.1 Å². The van der Waals surface area contributed by atoms with Crippen molar-refractivity contribution < 1.29 is 9.53 Å². The molecular formula is C24H19Cl2NO2. The van der Waals surface area contributed by atoms with E-state index in [0.717, 1.165) is 27.6 Å². The SMILES string of the molecule is CCOC(=O)c1[nH]c2ccccc2c1C(c1ccc(Cl)cc1)c1ccc(Cl)cc1. The van der Waals surface area contributed by atoms with E-state index in [1.54, 1.807) is 6.92 Å². The van der Waals surface area contributed by atoms with Gasteiger partial charge in [-0.2, -0.15) is 0 Å². The standard InChI is InChI=1S/C24H19Cl2NO2/c1-2-29-24(28)23-22(19-5-3-4-6-20(19)27-23)21(15-7-11-17(25)12-8-15)16-9-13-18(26)14-10-16/h3-14,21,27H,2H2,1H3. The molecule has 0 aliphatic carbocycles. The lowest BCUT2D eigenvalue weighted by Crippen LogP contribution is -2.12. The molecule has 0 spiro atoms. The first-order valence-corrected chi connectivity index (χ1v) is 10.1. The lowest BCUT2D eigenvalue weighted by Gasteiger charge is -2.20. The number of H-pyrrole nitrogens is 1. The minimum atomic E-state index is -0.369. The van der Waals surface area contributed by atoms with Crippen LogP contribution in [0.1, 0.15) is 40.0 Å². The highest BCUT2D eigenvalue weighted by Crippen LogP contribution is 2.39. The van der Waals surface area contributed by atoms with Crippen LogP contribution in [0.4, 0.5) is 0 Å². The largest absolute Gasteiger partial charge is 0.461 e. The molecule has 29 heavy (non-hydrogen) atoms. The van der Waals surface area contributed by atoms with E-state index in [1.807, 2.05) is 72.8 Å². The van der Waals surface area contributed by atoms with Crippen molar-refractivity contribution in [2.75, 3.05) is 6.61 Å². The molecule has 0 unspecified atom stereocenters. The lowest BCUT2D eigenvalue weighted by molar-refractivity contribution is 0.0519. The summed E-state index contributed by atoms with van der Waals surface area (Å²) >= 11 is 12.3. The van der Waals surface area contributed by atoms with Gasteiger partial charge in [0.1, 0.15) is 5.69 Å². The monoisotopic (exact) mass is 423 g/mol. The van der Waals surface area contributed by atoms with Gasteiger partial charge in [0.25, 0.3) is 0 Å². The first kappa shape index (κ1) is 19.6. The molecule has 3 nitrogen and oxygen atoms in total. The smallest absolute Gasteiger partial charge is 0.355 e. The molecular weight excluding hydrogens is 405 g/mol. The highest BCUT2D eigenvalue weighted by atomic mass is 35.5. The number of hydrogen-bond donors (Lipinski definition) is 1. The van der Waals surface area contributed by atoms with Gasteiger partial charge in [-0.25, -0.2) is 4.79 Å². The van der Waals surface area contributed by atoms with Gasteiger partial charge in [-0.1, -0.05) is 65.7 Å². The van der Waals surface area contributed by atoms with E-state index >= 15 is 0 Å². The van der Waals surface area contributed by atoms with E-state index in [0.29, 0.717) is 22.3 Å². The fourth-order valence-corrected chi connectivity index (χ4v) is 3.92. The third kappa shape index (κ3) is 3.89. The Morgan fingerprint density at radius 3 is 2.00 bits per heavy atom. The molecule has 4 rings (SSSR count). The predicted molar refractivity (Wildman–Crippen MR) is 118 cm³/mol. The van der Waals surface area contributed by atoms with Crippen LogP contribution in [0.3, 0.4) is 0 Å². The Bertz CT molecular complexity index is 1100. The first-order valence-electron chi connectivity index (χ1n) is 9.37. The maximum Gasteiger partial charge on any atom is 0.355 e. The summed E-state index contributed by atoms with van der Waals surface area (Å²) in [6, 6.07) is 23.3. The second kappa shape index (κ2) is 8.32. The number of nitrogens with one attached hydrogen (secondary N) is 1. The van der Waals surface area contributed by atoms with Crippen molar-refractivity contribution in [2.45, 2.75) is 12.8 Å². The van der Waals surface area contributed by atoms with Gasteiger partial charge in [0, 0.05) is 32.4 Å². The van der Waals surface area contributed by atoms with E-state index in [4.69, 9.17) is 27.9 Å². The molecule has 0 saturated carbocycles. The van der Waals surface area contributed by atoms with Crippen LogP contribution in [-0.2, 0) is 4.74 Å². The van der Waals surface area contributed by atoms with E-state index < -0.39 is 0 Å². The Balaban J connectivity index is 2.00. The van der Waals surface area contributed by atoms with Crippen molar-refractivity contribution in [2.24, 2.45) is 0 Å². The number of benzene rings is 3. The molecule has 0 atom stereocenters. The van der Waals surface area contributed by atoms with Gasteiger partial charge < -0.3 is 9.72 Å². The normalized spacial score (nSPS) is 11.2. The summed E-state index contributed by atoms with van der Waals surface area (Å²) in [6.45, 7) is 2.11. The van der Waals surface area contributed by atoms with Crippen LogP contribution in [0, 0.1) is 0 Å². The van der Waals surface area contributed by atoms with E-state index in [2.05, 4.69) is 4.98 Å². The average Bonchev–Trinajstić information content (AvgIpc) is 3.11. The summed E-state index contributed by atoms with van der Waals surface area (Å²) in [4.78, 5) is 16.1. The maximum atomic E-state index is 12.8. The minimum absolute atomic E-state index is 0.194. The van der Waals surface area contributed by atoms with Gasteiger partial charge in [-0.15, -0.1) is 0 Å². The summed E-state index contributed by atoms with van der Waals surface area (Å²) < 4.78 is 5.35. The van der Waals surface area contributed by atoms with Crippen LogP contribution in [0.5, 0.6) is 0 Å². The van der Waals surface area contributed by atoms with Crippen LogP contribution in [0.15, 0.2) is 72.8 Å². The number of ether oxygens (including phenoxy) is 1. The Labute approximate surface area is 179 Å². The van der Waals surface area contributed by atoms with Crippen LogP contribution >= 0.6 is 23.2 Å². The van der Waals surface area contributed by atoms with Crippen molar-refractivity contribution in [1.29, 1.82) is 0 Å². The van der Waals surface area contributed by atoms with Crippen molar-refractivity contribution in [3.63, 3.8) is 0 Å². The molecule has 0 bridgehead atoms. The molecule has 0 aliphatic rings. The summed E-state index contributed by atoms with van der Waals surface area (Å²) in [5.74, 6) is -0.563.